The van der Waals surface area contributed by atoms with Crippen LogP contribution in [0.4, 0.5) is 0 Å². The smallest absolute Gasteiger partial charge is 0.222 e. The molecule has 64 valence electrons. The highest BCUT2D eigenvalue weighted by molar-refractivity contribution is 5.77. The molecule has 0 bridgehead atoms. The predicted octanol–water partition coefficient (Wildman–Crippen LogP) is 0.139. The maximum atomic E-state index is 10.8. The zero-order valence-corrected chi connectivity index (χ0v) is 7.00. The molecule has 0 aromatic heterocycles. The summed E-state index contributed by atoms with van der Waals surface area (Å²) in [5, 5.41) is 12.2. The molecule has 11 heavy (non-hydrogen) atoms. The number of aliphatic hydroxyl groups is 1. The van der Waals surface area contributed by atoms with E-state index in [1.165, 1.54) is 0 Å². The number of piperidine rings is 1. The number of rotatable bonds is 1. The van der Waals surface area contributed by atoms with Crippen molar-refractivity contribution in [2.24, 2.45) is 11.8 Å². The molecule has 1 amide bonds. The minimum Gasteiger partial charge on any atom is -0.392 e. The number of nitrogens with one attached hydrogen (secondary N) is 1. The highest BCUT2D eigenvalue weighted by atomic mass is 16.3. The molecule has 0 aliphatic carbocycles. The Morgan fingerprint density at radius 3 is 2.73 bits per heavy atom. The SMILES string of the molecule is CC(C)[C@@H]1CNC(=O)C[C@@H]1O. The van der Waals surface area contributed by atoms with Gasteiger partial charge < -0.3 is 10.4 Å². The Kier molecular flexibility index (Phi) is 2.49. The van der Waals surface area contributed by atoms with Crippen LogP contribution < -0.4 is 5.32 Å². The molecule has 0 aromatic rings. The van der Waals surface area contributed by atoms with Crippen LogP contribution in [-0.4, -0.2) is 23.7 Å². The van der Waals surface area contributed by atoms with E-state index in [9.17, 15) is 9.90 Å². The molecule has 2 atom stereocenters. The maximum Gasteiger partial charge on any atom is 0.222 e. The van der Waals surface area contributed by atoms with E-state index in [0.29, 0.717) is 12.5 Å². The third-order valence-corrected chi connectivity index (χ3v) is 2.28. The van der Waals surface area contributed by atoms with E-state index in [1.54, 1.807) is 0 Å². The molecule has 1 aliphatic heterocycles. The van der Waals surface area contributed by atoms with Gasteiger partial charge in [0.1, 0.15) is 0 Å². The summed E-state index contributed by atoms with van der Waals surface area (Å²) in [7, 11) is 0. The van der Waals surface area contributed by atoms with E-state index in [2.05, 4.69) is 19.2 Å². The second kappa shape index (κ2) is 3.22. The van der Waals surface area contributed by atoms with Crippen LogP contribution in [-0.2, 0) is 4.79 Å². The molecular weight excluding hydrogens is 142 g/mol. The summed E-state index contributed by atoms with van der Waals surface area (Å²) in [4.78, 5) is 10.8. The first-order valence-electron chi connectivity index (χ1n) is 4.06. The van der Waals surface area contributed by atoms with Crippen LogP contribution in [0.3, 0.4) is 0 Å². The Labute approximate surface area is 66.8 Å². The van der Waals surface area contributed by atoms with Gasteiger partial charge in [0.05, 0.1) is 12.5 Å². The second-order valence-electron chi connectivity index (χ2n) is 3.48. The van der Waals surface area contributed by atoms with E-state index in [4.69, 9.17) is 0 Å². The Hall–Kier alpha value is -0.570. The van der Waals surface area contributed by atoms with Crippen molar-refractivity contribution in [3.8, 4) is 0 Å². The fraction of sp³-hybridized carbons (Fsp3) is 0.875. The van der Waals surface area contributed by atoms with Crippen molar-refractivity contribution in [3.63, 3.8) is 0 Å². The number of hydrogen-bond acceptors (Lipinski definition) is 2. The maximum absolute atomic E-state index is 10.8. The van der Waals surface area contributed by atoms with Crippen LogP contribution in [0.2, 0.25) is 0 Å². The number of amides is 1. The van der Waals surface area contributed by atoms with Gasteiger partial charge in [0.25, 0.3) is 0 Å². The third-order valence-electron chi connectivity index (χ3n) is 2.28. The normalized spacial score (nSPS) is 32.2. The van der Waals surface area contributed by atoms with Crippen molar-refractivity contribution in [2.45, 2.75) is 26.4 Å². The monoisotopic (exact) mass is 157 g/mol. The number of aliphatic hydroxyl groups excluding tert-OH is 1. The first-order chi connectivity index (χ1) is 5.11. The van der Waals surface area contributed by atoms with Gasteiger partial charge in [-0.3, -0.25) is 4.79 Å². The van der Waals surface area contributed by atoms with Crippen molar-refractivity contribution < 1.29 is 9.90 Å². The van der Waals surface area contributed by atoms with E-state index in [1.807, 2.05) is 0 Å². The summed E-state index contributed by atoms with van der Waals surface area (Å²) in [5.74, 6) is 0.632. The van der Waals surface area contributed by atoms with Gasteiger partial charge in [0, 0.05) is 12.5 Å². The van der Waals surface area contributed by atoms with E-state index >= 15 is 0 Å². The first kappa shape index (κ1) is 8.53. The standard InChI is InChI=1S/C8H15NO2/c1-5(2)6-4-9-8(11)3-7(6)10/h5-7,10H,3-4H2,1-2H3,(H,9,11)/t6-,7-/m0/s1. The number of carbonyl (C=O) groups is 1. The summed E-state index contributed by atoms with van der Waals surface area (Å²) in [6.45, 7) is 4.74. The van der Waals surface area contributed by atoms with Gasteiger partial charge in [-0.2, -0.15) is 0 Å². The molecule has 3 heteroatoms. The van der Waals surface area contributed by atoms with Crippen LogP contribution in [0.25, 0.3) is 0 Å². The van der Waals surface area contributed by atoms with Crippen molar-refractivity contribution in [3.05, 3.63) is 0 Å². The Balaban J connectivity index is 2.50. The molecule has 0 aromatic carbocycles. The predicted molar refractivity (Wildman–Crippen MR) is 42.0 cm³/mol. The van der Waals surface area contributed by atoms with Gasteiger partial charge in [-0.05, 0) is 5.92 Å². The van der Waals surface area contributed by atoms with Gasteiger partial charge in [-0.25, -0.2) is 0 Å². The third kappa shape index (κ3) is 1.93. The Morgan fingerprint density at radius 2 is 2.27 bits per heavy atom. The molecule has 1 rings (SSSR count). The van der Waals surface area contributed by atoms with Crippen molar-refractivity contribution >= 4 is 5.91 Å². The molecule has 2 N–H and O–H groups in total. The Morgan fingerprint density at radius 1 is 1.64 bits per heavy atom. The molecule has 0 saturated carbocycles. The second-order valence-corrected chi connectivity index (χ2v) is 3.48. The molecule has 1 aliphatic rings. The lowest BCUT2D eigenvalue weighted by Gasteiger charge is -2.30. The summed E-state index contributed by atoms with van der Waals surface area (Å²) < 4.78 is 0. The highest BCUT2D eigenvalue weighted by Crippen LogP contribution is 2.19. The van der Waals surface area contributed by atoms with E-state index in [-0.39, 0.29) is 18.2 Å². The summed E-state index contributed by atoms with van der Waals surface area (Å²) in [6.07, 6.45) is -0.174. The lowest BCUT2D eigenvalue weighted by atomic mass is 9.86. The molecule has 0 spiro atoms. The lowest BCUT2D eigenvalue weighted by molar-refractivity contribution is -0.127. The molecule has 3 nitrogen and oxygen atoms in total. The van der Waals surface area contributed by atoms with Gasteiger partial charge in [0.2, 0.25) is 5.91 Å². The zero-order valence-electron chi connectivity index (χ0n) is 7.00. The van der Waals surface area contributed by atoms with Crippen LogP contribution in [0.1, 0.15) is 20.3 Å². The molecular formula is C8H15NO2. The topological polar surface area (TPSA) is 49.3 Å². The summed E-state index contributed by atoms with van der Waals surface area (Å²) >= 11 is 0. The van der Waals surface area contributed by atoms with Crippen molar-refractivity contribution in [1.29, 1.82) is 0 Å². The summed E-state index contributed by atoms with van der Waals surface area (Å²) in [6, 6.07) is 0. The van der Waals surface area contributed by atoms with Crippen molar-refractivity contribution in [2.75, 3.05) is 6.54 Å². The fourth-order valence-corrected chi connectivity index (χ4v) is 1.46. The van der Waals surface area contributed by atoms with Crippen molar-refractivity contribution in [1.82, 2.24) is 5.32 Å². The van der Waals surface area contributed by atoms with Gasteiger partial charge >= 0.3 is 0 Å². The zero-order chi connectivity index (χ0) is 8.43. The number of hydrogen-bond donors (Lipinski definition) is 2. The van der Waals surface area contributed by atoms with Gasteiger partial charge in [0.15, 0.2) is 0 Å². The minimum absolute atomic E-state index is 0.0330. The van der Waals surface area contributed by atoms with E-state index in [0.717, 1.165) is 0 Å². The molecule has 1 heterocycles. The molecule has 0 radical (unpaired) electrons. The average molecular weight is 157 g/mol. The van der Waals surface area contributed by atoms with Crippen LogP contribution in [0.15, 0.2) is 0 Å². The average Bonchev–Trinajstić information content (AvgIpc) is 1.85. The van der Waals surface area contributed by atoms with Crippen LogP contribution in [0, 0.1) is 11.8 Å². The molecule has 1 fully saturated rings. The molecule has 0 unspecified atom stereocenters. The molecule has 1 saturated heterocycles. The van der Waals surface area contributed by atoms with Crippen LogP contribution in [0.5, 0.6) is 0 Å². The number of carbonyl (C=O) groups excluding carboxylic acids is 1. The van der Waals surface area contributed by atoms with Gasteiger partial charge in [-0.1, -0.05) is 13.8 Å². The lowest BCUT2D eigenvalue weighted by Crippen LogP contribution is -2.45. The summed E-state index contributed by atoms with van der Waals surface area (Å²) in [5.41, 5.74) is 0. The Bertz CT molecular complexity index is 156. The highest BCUT2D eigenvalue weighted by Gasteiger charge is 2.29. The van der Waals surface area contributed by atoms with E-state index < -0.39 is 6.10 Å². The minimum atomic E-state index is -0.441. The van der Waals surface area contributed by atoms with Crippen LogP contribution >= 0.6 is 0 Å². The first-order valence-corrected chi connectivity index (χ1v) is 4.06. The van der Waals surface area contributed by atoms with Gasteiger partial charge in [-0.15, -0.1) is 0 Å². The quantitative estimate of drug-likeness (QED) is 0.569. The fourth-order valence-electron chi connectivity index (χ4n) is 1.46. The largest absolute Gasteiger partial charge is 0.392 e.